The van der Waals surface area contributed by atoms with Crippen LogP contribution >= 0.6 is 11.8 Å². The maximum atomic E-state index is 12.9. The normalized spacial score (nSPS) is 22.4. The molecule has 0 spiro atoms. The molecule has 1 heterocycles. The lowest BCUT2D eigenvalue weighted by atomic mass is 10.0. The first-order chi connectivity index (χ1) is 9.08. The van der Waals surface area contributed by atoms with Gasteiger partial charge in [0.05, 0.1) is 16.1 Å². The highest BCUT2D eigenvalue weighted by Gasteiger charge is 2.40. The minimum Gasteiger partial charge on any atom is -0.397 e. The molecule has 0 saturated carbocycles. The molecule has 0 aliphatic carbocycles. The Hall–Kier alpha value is -1.16. The van der Waals surface area contributed by atoms with Crippen LogP contribution in [0.1, 0.15) is 33.1 Å². The van der Waals surface area contributed by atoms with Crippen molar-refractivity contribution in [3.05, 3.63) is 24.3 Å². The predicted octanol–water partition coefficient (Wildman–Crippen LogP) is 3.30. The van der Waals surface area contributed by atoms with Crippen LogP contribution in [0.2, 0.25) is 0 Å². The number of nitrogens with zero attached hydrogens (tertiary/aromatic N) is 1. The quantitative estimate of drug-likeness (QED) is 0.860. The lowest BCUT2D eigenvalue weighted by Crippen LogP contribution is -2.44. The molecule has 3 nitrogen and oxygen atoms in total. The Bertz CT molecular complexity index is 455. The smallest absolute Gasteiger partial charge is 0.242 e. The molecule has 1 saturated heterocycles. The van der Waals surface area contributed by atoms with Crippen LogP contribution in [0.3, 0.4) is 0 Å². The van der Waals surface area contributed by atoms with Crippen molar-refractivity contribution in [2.45, 2.75) is 37.9 Å². The minimum absolute atomic E-state index is 0.203. The van der Waals surface area contributed by atoms with Gasteiger partial charge in [-0.25, -0.2) is 0 Å². The van der Waals surface area contributed by atoms with Gasteiger partial charge in [-0.3, -0.25) is 4.79 Å². The molecule has 2 N–H and O–H groups in total. The second kappa shape index (κ2) is 5.87. The zero-order chi connectivity index (χ0) is 13.9. The fourth-order valence-corrected chi connectivity index (χ4v) is 3.78. The van der Waals surface area contributed by atoms with E-state index in [0.29, 0.717) is 5.69 Å². The Balaban J connectivity index is 2.30. The van der Waals surface area contributed by atoms with Gasteiger partial charge in [-0.05, 0) is 44.1 Å². The van der Waals surface area contributed by atoms with Crippen molar-refractivity contribution in [1.82, 2.24) is 0 Å². The first kappa shape index (κ1) is 14.3. The Labute approximate surface area is 119 Å². The van der Waals surface area contributed by atoms with E-state index in [1.165, 1.54) is 0 Å². The van der Waals surface area contributed by atoms with Gasteiger partial charge in [0.25, 0.3) is 0 Å². The number of benzene rings is 1. The highest BCUT2D eigenvalue weighted by molar-refractivity contribution is 8.01. The number of carbonyl (C=O) groups is 1. The van der Waals surface area contributed by atoms with E-state index in [4.69, 9.17) is 5.73 Å². The van der Waals surface area contributed by atoms with E-state index in [9.17, 15) is 4.79 Å². The first-order valence-electron chi connectivity index (χ1n) is 6.89. The van der Waals surface area contributed by atoms with E-state index in [1.54, 1.807) is 11.8 Å². The lowest BCUT2D eigenvalue weighted by Gasteiger charge is -2.31. The highest BCUT2D eigenvalue weighted by Crippen LogP contribution is 2.40. The second-order valence-electron chi connectivity index (χ2n) is 5.20. The van der Waals surface area contributed by atoms with Crippen molar-refractivity contribution in [2.75, 3.05) is 22.9 Å². The Kier molecular flexibility index (Phi) is 4.40. The summed E-state index contributed by atoms with van der Waals surface area (Å²) < 4.78 is -0.280. The summed E-state index contributed by atoms with van der Waals surface area (Å²) >= 11 is 1.78. The van der Waals surface area contributed by atoms with Gasteiger partial charge in [-0.2, -0.15) is 0 Å². The number of rotatable bonds is 4. The van der Waals surface area contributed by atoms with Crippen molar-refractivity contribution in [2.24, 2.45) is 0 Å². The summed E-state index contributed by atoms with van der Waals surface area (Å²) in [4.78, 5) is 14.7. The average molecular weight is 278 g/mol. The van der Waals surface area contributed by atoms with Crippen molar-refractivity contribution in [3.8, 4) is 0 Å². The fraction of sp³-hybridized carbons (Fsp3) is 0.533. The molecular weight excluding hydrogens is 256 g/mol. The number of hydrogen-bond acceptors (Lipinski definition) is 3. The van der Waals surface area contributed by atoms with Crippen LogP contribution in [0.25, 0.3) is 0 Å². The maximum Gasteiger partial charge on any atom is 0.242 e. The number of thioether (sulfide) groups is 1. The summed E-state index contributed by atoms with van der Waals surface area (Å²) in [5, 5.41) is 0. The molecule has 1 aliphatic heterocycles. The first-order valence-corrected chi connectivity index (χ1v) is 7.87. The minimum atomic E-state index is -0.280. The van der Waals surface area contributed by atoms with Crippen LogP contribution in [-0.2, 0) is 4.79 Å². The van der Waals surface area contributed by atoms with Crippen LogP contribution < -0.4 is 10.6 Å². The molecule has 1 aromatic rings. The molecule has 4 heteroatoms. The zero-order valence-corrected chi connectivity index (χ0v) is 12.5. The molecule has 1 aliphatic rings. The molecular formula is C15H22N2OS. The molecule has 104 valence electrons. The highest BCUT2D eigenvalue weighted by atomic mass is 32.2. The molecule has 0 radical (unpaired) electrons. The Morgan fingerprint density at radius 3 is 2.79 bits per heavy atom. The fourth-order valence-electron chi connectivity index (χ4n) is 2.52. The van der Waals surface area contributed by atoms with Gasteiger partial charge in [0.2, 0.25) is 5.91 Å². The SMILES string of the molecule is CCCN(C(=O)C1(C)CCCS1)c1ccccc1N. The standard InChI is InChI=1S/C15H22N2OS/c1-3-10-17(13-8-5-4-7-12(13)16)14(18)15(2)9-6-11-19-15/h4-5,7-8H,3,6,9-11,16H2,1-2H3. The topological polar surface area (TPSA) is 46.3 Å². The third-order valence-corrected chi connectivity index (χ3v) is 5.10. The van der Waals surface area contributed by atoms with E-state index >= 15 is 0 Å². The van der Waals surface area contributed by atoms with Gasteiger partial charge in [0.1, 0.15) is 0 Å². The largest absolute Gasteiger partial charge is 0.397 e. The van der Waals surface area contributed by atoms with Crippen LogP contribution in [0.4, 0.5) is 11.4 Å². The molecule has 2 rings (SSSR count). The van der Waals surface area contributed by atoms with Gasteiger partial charge >= 0.3 is 0 Å². The number of nitrogens with two attached hydrogens (primary N) is 1. The van der Waals surface area contributed by atoms with Crippen molar-refractivity contribution >= 4 is 29.0 Å². The summed E-state index contributed by atoms with van der Waals surface area (Å²) in [6, 6.07) is 7.63. The summed E-state index contributed by atoms with van der Waals surface area (Å²) in [5.41, 5.74) is 7.56. The molecule has 19 heavy (non-hydrogen) atoms. The van der Waals surface area contributed by atoms with Crippen molar-refractivity contribution in [3.63, 3.8) is 0 Å². The number of nitrogen functional groups attached to an aromatic ring is 1. The summed E-state index contributed by atoms with van der Waals surface area (Å²) in [6.07, 6.45) is 3.02. The second-order valence-corrected chi connectivity index (χ2v) is 6.80. The molecule has 0 aromatic heterocycles. The predicted molar refractivity (Wildman–Crippen MR) is 83.6 cm³/mol. The third kappa shape index (κ3) is 2.89. The summed E-state index contributed by atoms with van der Waals surface area (Å²) in [7, 11) is 0. The van der Waals surface area contributed by atoms with Crippen LogP contribution in [-0.4, -0.2) is 23.0 Å². The van der Waals surface area contributed by atoms with Crippen LogP contribution in [0.15, 0.2) is 24.3 Å². The van der Waals surface area contributed by atoms with Gasteiger partial charge in [0, 0.05) is 6.54 Å². The van der Waals surface area contributed by atoms with Crippen molar-refractivity contribution < 1.29 is 4.79 Å². The van der Waals surface area contributed by atoms with E-state index in [0.717, 1.165) is 37.2 Å². The number of amides is 1. The van der Waals surface area contributed by atoms with Crippen molar-refractivity contribution in [1.29, 1.82) is 0 Å². The molecule has 1 amide bonds. The van der Waals surface area contributed by atoms with Gasteiger partial charge in [0.15, 0.2) is 0 Å². The van der Waals surface area contributed by atoms with Gasteiger partial charge in [-0.15, -0.1) is 11.8 Å². The number of anilines is 2. The molecule has 1 unspecified atom stereocenters. The lowest BCUT2D eigenvalue weighted by molar-refractivity contribution is -0.120. The molecule has 1 aromatic carbocycles. The van der Waals surface area contributed by atoms with Gasteiger partial charge < -0.3 is 10.6 Å². The molecule has 1 fully saturated rings. The Morgan fingerprint density at radius 2 is 2.21 bits per heavy atom. The summed E-state index contributed by atoms with van der Waals surface area (Å²) in [5.74, 6) is 1.28. The number of para-hydroxylation sites is 2. The monoisotopic (exact) mass is 278 g/mol. The van der Waals surface area contributed by atoms with Crippen LogP contribution in [0, 0.1) is 0 Å². The summed E-state index contributed by atoms with van der Waals surface area (Å²) in [6.45, 7) is 4.88. The number of carbonyl (C=O) groups excluding carboxylic acids is 1. The Morgan fingerprint density at radius 1 is 1.47 bits per heavy atom. The molecule has 0 bridgehead atoms. The van der Waals surface area contributed by atoms with E-state index in [1.807, 2.05) is 29.2 Å². The average Bonchev–Trinajstić information content (AvgIpc) is 2.84. The third-order valence-electron chi connectivity index (χ3n) is 3.59. The zero-order valence-electron chi connectivity index (χ0n) is 11.7. The van der Waals surface area contributed by atoms with Gasteiger partial charge in [-0.1, -0.05) is 19.1 Å². The maximum absolute atomic E-state index is 12.9. The van der Waals surface area contributed by atoms with E-state index < -0.39 is 0 Å². The van der Waals surface area contributed by atoms with E-state index in [2.05, 4.69) is 13.8 Å². The molecule has 1 atom stereocenters. The van der Waals surface area contributed by atoms with E-state index in [-0.39, 0.29) is 10.7 Å². The number of hydrogen-bond donors (Lipinski definition) is 1. The van der Waals surface area contributed by atoms with Crippen LogP contribution in [0.5, 0.6) is 0 Å².